The molecule has 3 rings (SSSR count). The van der Waals surface area contributed by atoms with Crippen molar-refractivity contribution in [3.05, 3.63) is 64.8 Å². The number of rotatable bonds is 12. The van der Waals surface area contributed by atoms with Gasteiger partial charge in [0, 0.05) is 30.5 Å². The molecule has 2 aromatic carbocycles. The molecule has 2 aromatic rings. The van der Waals surface area contributed by atoms with E-state index in [1.165, 1.54) is 4.90 Å². The molecule has 7 heteroatoms. The van der Waals surface area contributed by atoms with Crippen molar-refractivity contribution < 1.29 is 19.1 Å². The Morgan fingerprint density at radius 2 is 1.59 bits per heavy atom. The van der Waals surface area contributed by atoms with Crippen LogP contribution in [0.5, 0.6) is 5.75 Å². The van der Waals surface area contributed by atoms with Crippen LogP contribution >= 0.6 is 11.6 Å². The van der Waals surface area contributed by atoms with Crippen LogP contribution in [0.1, 0.15) is 38.7 Å². The lowest BCUT2D eigenvalue weighted by Gasteiger charge is -2.15. The van der Waals surface area contributed by atoms with Gasteiger partial charge in [-0.1, -0.05) is 37.1 Å². The van der Waals surface area contributed by atoms with Gasteiger partial charge in [0.15, 0.2) is 0 Å². The second-order valence-corrected chi connectivity index (χ2v) is 7.86. The molecule has 0 radical (unpaired) electrons. The molecule has 0 spiro atoms. The summed E-state index contributed by atoms with van der Waals surface area (Å²) in [7, 11) is 0. The number of nitrogens with zero attached hydrogens (tertiary/aromatic N) is 1. The first-order valence-corrected chi connectivity index (χ1v) is 11.4. The van der Waals surface area contributed by atoms with Crippen LogP contribution in [0.25, 0.3) is 5.57 Å². The number of amides is 2. The van der Waals surface area contributed by atoms with Gasteiger partial charge in [0.25, 0.3) is 11.8 Å². The fraction of sp³-hybridized carbons (Fsp3) is 0.360. The normalized spacial score (nSPS) is 13.8. The third-order valence-corrected chi connectivity index (χ3v) is 5.30. The maximum absolute atomic E-state index is 13.2. The number of hydrogen-bond acceptors (Lipinski definition) is 5. The summed E-state index contributed by atoms with van der Waals surface area (Å²) in [5.74, 6) is 0.0742. The first-order chi connectivity index (χ1) is 15.5. The number of carbonyl (C=O) groups excluding carboxylic acids is 2. The maximum Gasteiger partial charge on any atom is 0.278 e. The minimum Gasteiger partial charge on any atom is -0.494 e. The molecule has 1 aliphatic heterocycles. The van der Waals surface area contributed by atoms with E-state index >= 15 is 0 Å². The molecule has 170 valence electrons. The summed E-state index contributed by atoms with van der Waals surface area (Å²) in [6, 6.07) is 14.2. The predicted octanol–water partition coefficient (Wildman–Crippen LogP) is 5.14. The van der Waals surface area contributed by atoms with Crippen LogP contribution in [0.3, 0.4) is 0 Å². The first-order valence-electron chi connectivity index (χ1n) is 11.0. The Hall–Kier alpha value is -2.83. The molecule has 6 nitrogen and oxygen atoms in total. The van der Waals surface area contributed by atoms with Gasteiger partial charge in [-0.2, -0.15) is 0 Å². The highest BCUT2D eigenvalue weighted by molar-refractivity contribution is 6.36. The van der Waals surface area contributed by atoms with Gasteiger partial charge in [0.05, 0.1) is 12.2 Å². The van der Waals surface area contributed by atoms with Crippen LogP contribution in [0.15, 0.2) is 54.2 Å². The van der Waals surface area contributed by atoms with E-state index in [2.05, 4.69) is 12.2 Å². The topological polar surface area (TPSA) is 67.9 Å². The highest BCUT2D eigenvalue weighted by Crippen LogP contribution is 2.31. The zero-order chi connectivity index (χ0) is 22.9. The minimum absolute atomic E-state index is 0.258. The summed E-state index contributed by atoms with van der Waals surface area (Å²) in [6.45, 7) is 6.10. The van der Waals surface area contributed by atoms with Crippen LogP contribution in [0, 0.1) is 0 Å². The lowest BCUT2D eigenvalue weighted by molar-refractivity contribution is -0.137. The summed E-state index contributed by atoms with van der Waals surface area (Å²) in [6.07, 6.45) is 2.66. The van der Waals surface area contributed by atoms with Crippen LogP contribution in [0.4, 0.5) is 5.69 Å². The summed E-state index contributed by atoms with van der Waals surface area (Å²) >= 11 is 6.02. The molecule has 0 saturated carbocycles. The van der Waals surface area contributed by atoms with Gasteiger partial charge in [0.2, 0.25) is 0 Å². The van der Waals surface area contributed by atoms with Gasteiger partial charge < -0.3 is 14.8 Å². The molecule has 1 heterocycles. The number of ether oxygens (including phenoxy) is 2. The van der Waals surface area contributed by atoms with Crippen molar-refractivity contribution >= 4 is 34.7 Å². The Balaban J connectivity index is 1.80. The Kier molecular flexibility index (Phi) is 8.71. The van der Waals surface area contributed by atoms with Gasteiger partial charge in [-0.25, -0.2) is 0 Å². The zero-order valence-corrected chi connectivity index (χ0v) is 19.3. The highest BCUT2D eigenvalue weighted by Gasteiger charge is 2.38. The summed E-state index contributed by atoms with van der Waals surface area (Å²) in [5.41, 5.74) is 1.93. The number of halogens is 1. The molecule has 0 unspecified atom stereocenters. The number of nitrogens with one attached hydrogen (secondary N) is 1. The molecule has 32 heavy (non-hydrogen) atoms. The fourth-order valence-corrected chi connectivity index (χ4v) is 3.52. The van der Waals surface area contributed by atoms with Crippen molar-refractivity contribution in [2.75, 3.05) is 31.7 Å². The van der Waals surface area contributed by atoms with Crippen molar-refractivity contribution in [1.29, 1.82) is 0 Å². The number of imide groups is 1. The molecule has 0 aliphatic carbocycles. The quantitative estimate of drug-likeness (QED) is 0.354. The van der Waals surface area contributed by atoms with E-state index in [1.807, 2.05) is 31.2 Å². The molecule has 0 fully saturated rings. The largest absolute Gasteiger partial charge is 0.494 e. The van der Waals surface area contributed by atoms with Crippen LogP contribution < -0.4 is 10.1 Å². The van der Waals surface area contributed by atoms with Gasteiger partial charge in [-0.15, -0.1) is 0 Å². The standard InChI is InChI=1S/C25H29ClN2O4/c1-3-5-16-31-17-6-15-28-24(29)22(18-7-9-19(26)10-8-18)23(25(28)30)27-20-11-13-21(14-12-20)32-4-2/h7-14,27H,3-6,15-17H2,1-2H3. The van der Waals surface area contributed by atoms with E-state index in [0.29, 0.717) is 54.6 Å². The molecule has 1 N–H and O–H groups in total. The molecule has 0 aromatic heterocycles. The number of carbonyl (C=O) groups is 2. The smallest absolute Gasteiger partial charge is 0.278 e. The van der Waals surface area contributed by atoms with Crippen molar-refractivity contribution in [2.45, 2.75) is 33.1 Å². The van der Waals surface area contributed by atoms with E-state index in [0.717, 1.165) is 18.6 Å². The lowest BCUT2D eigenvalue weighted by atomic mass is 10.0. The summed E-state index contributed by atoms with van der Waals surface area (Å²) < 4.78 is 11.1. The van der Waals surface area contributed by atoms with E-state index in [4.69, 9.17) is 21.1 Å². The van der Waals surface area contributed by atoms with Crippen molar-refractivity contribution in [2.24, 2.45) is 0 Å². The molecule has 2 amide bonds. The molecule has 0 bridgehead atoms. The van der Waals surface area contributed by atoms with Crippen molar-refractivity contribution in [3.8, 4) is 5.75 Å². The second kappa shape index (κ2) is 11.7. The summed E-state index contributed by atoms with van der Waals surface area (Å²) in [5, 5.41) is 3.71. The molecular weight excluding hydrogens is 428 g/mol. The average molecular weight is 457 g/mol. The number of unbranched alkanes of at least 4 members (excludes halogenated alkanes) is 1. The Morgan fingerprint density at radius 3 is 2.25 bits per heavy atom. The van der Waals surface area contributed by atoms with Crippen molar-refractivity contribution in [1.82, 2.24) is 4.90 Å². The Labute approximate surface area is 194 Å². The average Bonchev–Trinajstić information content (AvgIpc) is 3.02. The molecule has 0 saturated heterocycles. The first kappa shape index (κ1) is 23.8. The number of benzene rings is 2. The Bertz CT molecular complexity index is 955. The fourth-order valence-electron chi connectivity index (χ4n) is 3.40. The monoisotopic (exact) mass is 456 g/mol. The maximum atomic E-state index is 13.2. The van der Waals surface area contributed by atoms with E-state index in [9.17, 15) is 9.59 Å². The molecule has 0 atom stereocenters. The second-order valence-electron chi connectivity index (χ2n) is 7.42. The predicted molar refractivity (Wildman–Crippen MR) is 127 cm³/mol. The van der Waals surface area contributed by atoms with Crippen LogP contribution in [-0.2, 0) is 14.3 Å². The third-order valence-electron chi connectivity index (χ3n) is 5.05. The van der Waals surface area contributed by atoms with Crippen LogP contribution in [-0.4, -0.2) is 43.1 Å². The van der Waals surface area contributed by atoms with Gasteiger partial charge in [-0.3, -0.25) is 14.5 Å². The zero-order valence-electron chi connectivity index (χ0n) is 18.5. The number of hydrogen-bond donors (Lipinski definition) is 1. The third kappa shape index (κ3) is 5.90. The van der Waals surface area contributed by atoms with Gasteiger partial charge >= 0.3 is 0 Å². The minimum atomic E-state index is -0.345. The SMILES string of the molecule is CCCCOCCCN1C(=O)C(Nc2ccc(OCC)cc2)=C(c2ccc(Cl)cc2)C1=O. The highest BCUT2D eigenvalue weighted by atomic mass is 35.5. The molecule has 1 aliphatic rings. The lowest BCUT2D eigenvalue weighted by Crippen LogP contribution is -2.34. The van der Waals surface area contributed by atoms with Crippen molar-refractivity contribution in [3.63, 3.8) is 0 Å². The van der Waals surface area contributed by atoms with Gasteiger partial charge in [0.1, 0.15) is 11.4 Å². The summed E-state index contributed by atoms with van der Waals surface area (Å²) in [4.78, 5) is 27.7. The van der Waals surface area contributed by atoms with E-state index < -0.39 is 0 Å². The number of anilines is 1. The molecular formula is C25H29ClN2O4. The van der Waals surface area contributed by atoms with E-state index in [1.54, 1.807) is 24.3 Å². The Morgan fingerprint density at radius 1 is 0.906 bits per heavy atom. The van der Waals surface area contributed by atoms with Crippen LogP contribution in [0.2, 0.25) is 5.02 Å². The van der Waals surface area contributed by atoms with Gasteiger partial charge in [-0.05, 0) is 61.7 Å². The van der Waals surface area contributed by atoms with E-state index in [-0.39, 0.29) is 17.5 Å².